The maximum atomic E-state index is 9.17. The number of aryl methyl sites for hydroxylation is 1. The molecule has 0 unspecified atom stereocenters. The van der Waals surface area contributed by atoms with Gasteiger partial charge in [0.05, 0.1) is 5.56 Å². The van der Waals surface area contributed by atoms with Gasteiger partial charge in [0.15, 0.2) is 0 Å². The lowest BCUT2D eigenvalue weighted by molar-refractivity contribution is 0.278. The van der Waals surface area contributed by atoms with Gasteiger partial charge in [-0.3, -0.25) is 0 Å². The van der Waals surface area contributed by atoms with Crippen LogP contribution in [0.4, 0.5) is 5.82 Å². The highest BCUT2D eigenvalue weighted by molar-refractivity contribution is 5.55. The second-order valence-electron chi connectivity index (χ2n) is 5.64. The summed E-state index contributed by atoms with van der Waals surface area (Å²) in [6.07, 6.45) is 8.41. The van der Waals surface area contributed by atoms with Crippen LogP contribution in [-0.4, -0.2) is 11.5 Å². The molecule has 102 valence electrons. The van der Waals surface area contributed by atoms with Gasteiger partial charge in [0.25, 0.3) is 0 Å². The van der Waals surface area contributed by atoms with Gasteiger partial charge in [-0.1, -0.05) is 26.2 Å². The molecule has 1 aromatic rings. The fourth-order valence-electron chi connectivity index (χ4n) is 2.92. The first-order valence-corrected chi connectivity index (χ1v) is 7.34. The van der Waals surface area contributed by atoms with Gasteiger partial charge < -0.3 is 5.32 Å². The van der Waals surface area contributed by atoms with E-state index < -0.39 is 0 Å². The predicted molar refractivity (Wildman–Crippen MR) is 77.9 cm³/mol. The molecule has 3 heteroatoms. The van der Waals surface area contributed by atoms with Crippen LogP contribution in [0.5, 0.6) is 0 Å². The molecule has 1 saturated carbocycles. The molecular weight excluding hydrogens is 234 g/mol. The molecule has 0 atom stereocenters. The third-order valence-electron chi connectivity index (χ3n) is 4.37. The summed E-state index contributed by atoms with van der Waals surface area (Å²) >= 11 is 0. The number of hydrogen-bond acceptors (Lipinski definition) is 3. The van der Waals surface area contributed by atoms with Crippen LogP contribution in [0.1, 0.15) is 50.2 Å². The van der Waals surface area contributed by atoms with Gasteiger partial charge in [-0.05, 0) is 43.2 Å². The lowest BCUT2D eigenvalue weighted by Crippen LogP contribution is -2.21. The summed E-state index contributed by atoms with van der Waals surface area (Å²) < 4.78 is 0. The highest BCUT2D eigenvalue weighted by Crippen LogP contribution is 2.30. The molecule has 2 rings (SSSR count). The van der Waals surface area contributed by atoms with Crippen LogP contribution in [0.15, 0.2) is 12.3 Å². The molecule has 1 aromatic heterocycles. The minimum atomic E-state index is 0.685. The van der Waals surface area contributed by atoms with Crippen LogP contribution in [0.25, 0.3) is 0 Å². The highest BCUT2D eigenvalue weighted by atomic mass is 15.0. The van der Waals surface area contributed by atoms with Crippen LogP contribution < -0.4 is 5.32 Å². The van der Waals surface area contributed by atoms with Crippen LogP contribution in [0.2, 0.25) is 0 Å². The SMILES string of the molecule is CCC1CCC(CNc2nccc(C)c2C#N)CC1. The summed E-state index contributed by atoms with van der Waals surface area (Å²) in [7, 11) is 0. The standard InChI is InChI=1S/C16H23N3/c1-3-13-4-6-14(7-5-13)11-19-16-15(10-17)12(2)8-9-18-16/h8-9,13-14H,3-7,11H2,1-2H3,(H,18,19). The fourth-order valence-corrected chi connectivity index (χ4v) is 2.92. The maximum absolute atomic E-state index is 9.17. The van der Waals surface area contributed by atoms with E-state index in [1.54, 1.807) is 6.20 Å². The zero-order chi connectivity index (χ0) is 13.7. The lowest BCUT2D eigenvalue weighted by atomic mass is 9.81. The Kier molecular flexibility index (Phi) is 4.79. The molecular formula is C16H23N3. The Morgan fingerprint density at radius 3 is 2.63 bits per heavy atom. The second-order valence-corrected chi connectivity index (χ2v) is 5.64. The van der Waals surface area contributed by atoms with E-state index in [1.807, 2.05) is 13.0 Å². The molecule has 1 heterocycles. The van der Waals surface area contributed by atoms with Crippen molar-refractivity contribution in [1.29, 1.82) is 5.26 Å². The van der Waals surface area contributed by atoms with E-state index in [-0.39, 0.29) is 0 Å². The number of nitriles is 1. The average Bonchev–Trinajstić information content (AvgIpc) is 2.45. The monoisotopic (exact) mass is 257 g/mol. The summed E-state index contributed by atoms with van der Waals surface area (Å²) in [5.41, 5.74) is 1.68. The molecule has 1 N–H and O–H groups in total. The highest BCUT2D eigenvalue weighted by Gasteiger charge is 2.20. The first-order valence-electron chi connectivity index (χ1n) is 7.34. The molecule has 1 fully saturated rings. The number of pyridine rings is 1. The van der Waals surface area contributed by atoms with E-state index in [0.29, 0.717) is 5.56 Å². The van der Waals surface area contributed by atoms with Crippen LogP contribution in [0.3, 0.4) is 0 Å². The number of rotatable bonds is 4. The Bertz CT molecular complexity index is 454. The molecule has 3 nitrogen and oxygen atoms in total. The molecule has 0 bridgehead atoms. The molecule has 0 radical (unpaired) electrons. The van der Waals surface area contributed by atoms with Crippen LogP contribution >= 0.6 is 0 Å². The van der Waals surface area contributed by atoms with Gasteiger partial charge >= 0.3 is 0 Å². The summed E-state index contributed by atoms with van der Waals surface area (Å²) in [4.78, 5) is 4.29. The Morgan fingerprint density at radius 2 is 2.00 bits per heavy atom. The van der Waals surface area contributed by atoms with Gasteiger partial charge in [0.1, 0.15) is 11.9 Å². The third-order valence-corrected chi connectivity index (χ3v) is 4.37. The van der Waals surface area contributed by atoms with Crippen molar-refractivity contribution in [3.63, 3.8) is 0 Å². The summed E-state index contributed by atoms with van der Waals surface area (Å²) in [6, 6.07) is 4.13. The van der Waals surface area contributed by atoms with Crippen molar-refractivity contribution in [3.05, 3.63) is 23.4 Å². The molecule has 1 aliphatic rings. The number of nitrogens with one attached hydrogen (secondary N) is 1. The first kappa shape index (κ1) is 13.9. The number of nitrogens with zero attached hydrogens (tertiary/aromatic N) is 2. The lowest BCUT2D eigenvalue weighted by Gasteiger charge is -2.28. The van der Waals surface area contributed by atoms with E-state index in [0.717, 1.165) is 29.8 Å². The van der Waals surface area contributed by atoms with Gasteiger partial charge in [-0.25, -0.2) is 4.98 Å². The first-order chi connectivity index (χ1) is 9.24. The van der Waals surface area contributed by atoms with Crippen molar-refractivity contribution in [3.8, 4) is 6.07 Å². The van der Waals surface area contributed by atoms with Gasteiger partial charge in [0, 0.05) is 12.7 Å². The van der Waals surface area contributed by atoms with Crippen molar-refractivity contribution in [2.45, 2.75) is 46.0 Å². The third kappa shape index (κ3) is 3.47. The Labute approximate surface area is 116 Å². The normalized spacial score (nSPS) is 22.8. The Hall–Kier alpha value is -1.56. The van der Waals surface area contributed by atoms with Gasteiger partial charge in [0.2, 0.25) is 0 Å². The zero-order valence-corrected chi connectivity index (χ0v) is 11.9. The second kappa shape index (κ2) is 6.56. The van der Waals surface area contributed by atoms with Gasteiger partial charge in [-0.2, -0.15) is 5.26 Å². The van der Waals surface area contributed by atoms with E-state index in [1.165, 1.54) is 32.1 Å². The smallest absolute Gasteiger partial charge is 0.144 e. The van der Waals surface area contributed by atoms with Gasteiger partial charge in [-0.15, -0.1) is 0 Å². The van der Waals surface area contributed by atoms with Crippen molar-refractivity contribution >= 4 is 5.82 Å². The van der Waals surface area contributed by atoms with E-state index in [4.69, 9.17) is 0 Å². The topological polar surface area (TPSA) is 48.7 Å². The summed E-state index contributed by atoms with van der Waals surface area (Å²) in [5, 5.41) is 12.5. The molecule has 0 aliphatic heterocycles. The minimum absolute atomic E-state index is 0.685. The number of hydrogen-bond donors (Lipinski definition) is 1. The molecule has 19 heavy (non-hydrogen) atoms. The fraction of sp³-hybridized carbons (Fsp3) is 0.625. The van der Waals surface area contributed by atoms with E-state index in [2.05, 4.69) is 23.3 Å². The van der Waals surface area contributed by atoms with Crippen LogP contribution in [-0.2, 0) is 0 Å². The largest absolute Gasteiger partial charge is 0.369 e. The molecule has 0 spiro atoms. The Balaban J connectivity index is 1.90. The van der Waals surface area contributed by atoms with Crippen molar-refractivity contribution < 1.29 is 0 Å². The number of aromatic nitrogens is 1. The summed E-state index contributed by atoms with van der Waals surface area (Å²) in [5.74, 6) is 2.42. The van der Waals surface area contributed by atoms with E-state index in [9.17, 15) is 5.26 Å². The predicted octanol–water partition coefficient (Wildman–Crippen LogP) is 3.89. The average molecular weight is 257 g/mol. The molecule has 0 amide bonds. The Morgan fingerprint density at radius 1 is 1.32 bits per heavy atom. The minimum Gasteiger partial charge on any atom is -0.369 e. The van der Waals surface area contributed by atoms with Crippen molar-refractivity contribution in [2.75, 3.05) is 11.9 Å². The summed E-state index contributed by atoms with van der Waals surface area (Å²) in [6.45, 7) is 5.19. The quantitative estimate of drug-likeness (QED) is 0.890. The zero-order valence-electron chi connectivity index (χ0n) is 11.9. The van der Waals surface area contributed by atoms with Crippen molar-refractivity contribution in [2.24, 2.45) is 11.8 Å². The number of anilines is 1. The van der Waals surface area contributed by atoms with Crippen LogP contribution in [0, 0.1) is 30.1 Å². The molecule has 0 saturated heterocycles. The van der Waals surface area contributed by atoms with Crippen molar-refractivity contribution in [1.82, 2.24) is 4.98 Å². The maximum Gasteiger partial charge on any atom is 0.144 e. The van der Waals surface area contributed by atoms with E-state index >= 15 is 0 Å². The molecule has 1 aliphatic carbocycles. The molecule has 0 aromatic carbocycles.